The van der Waals surface area contributed by atoms with E-state index in [0.717, 1.165) is 17.5 Å². The van der Waals surface area contributed by atoms with Gasteiger partial charge in [0.15, 0.2) is 11.5 Å². The summed E-state index contributed by atoms with van der Waals surface area (Å²) in [6, 6.07) is 11.3. The topological polar surface area (TPSA) is 112 Å². The molecule has 2 heterocycles. The fourth-order valence-corrected chi connectivity index (χ4v) is 5.15. The van der Waals surface area contributed by atoms with Crippen molar-refractivity contribution in [1.29, 1.82) is 0 Å². The molecule has 0 saturated carbocycles. The quantitative estimate of drug-likeness (QED) is 0.469. The number of hydrogen-bond acceptors (Lipinski definition) is 6. The van der Waals surface area contributed by atoms with Gasteiger partial charge in [0.2, 0.25) is 15.9 Å². The van der Waals surface area contributed by atoms with Gasteiger partial charge in [-0.25, -0.2) is 13.4 Å². The van der Waals surface area contributed by atoms with Crippen LogP contribution in [0.15, 0.2) is 66.1 Å². The molecule has 2 aromatic carbocycles. The Morgan fingerprint density at radius 2 is 1.83 bits per heavy atom. The molecule has 0 saturated heterocycles. The smallest absolute Gasteiger partial charge is 0.241 e. The Balaban J connectivity index is 1.45. The number of nitrogens with one attached hydrogen (secondary N) is 2. The minimum atomic E-state index is -3.98. The van der Waals surface area contributed by atoms with Crippen molar-refractivity contribution in [1.82, 2.24) is 19.6 Å². The SMILES string of the molecule is CC(C)C(NS(=O)(=O)c1ccc2c(c1)OCCCO2)C(=O)NCc1ccccc1Cn1ccnc1. The van der Waals surface area contributed by atoms with E-state index in [1.165, 1.54) is 12.1 Å². The van der Waals surface area contributed by atoms with Crippen molar-refractivity contribution >= 4 is 15.9 Å². The standard InChI is InChI=1S/C25H30N4O5S/c1-18(2)24(28-35(31,32)21-8-9-22-23(14-21)34-13-5-12-33-22)25(30)27-15-19-6-3-4-7-20(19)16-29-11-10-26-17-29/h3-4,6-11,14,17-18,24,28H,5,12-13,15-16H2,1-2H3,(H,27,30). The highest BCUT2D eigenvalue weighted by Crippen LogP contribution is 2.32. The summed E-state index contributed by atoms with van der Waals surface area (Å²) in [5.74, 6) is 0.223. The van der Waals surface area contributed by atoms with E-state index < -0.39 is 22.0 Å². The molecule has 0 aliphatic carbocycles. The average molecular weight is 499 g/mol. The number of hydrogen-bond donors (Lipinski definition) is 2. The Kier molecular flexibility index (Phi) is 7.72. The predicted octanol–water partition coefficient (Wildman–Crippen LogP) is 2.71. The average Bonchev–Trinajstić information content (AvgIpc) is 3.23. The van der Waals surface area contributed by atoms with Gasteiger partial charge in [0.1, 0.15) is 6.04 Å². The number of carbonyl (C=O) groups is 1. The first-order valence-corrected chi connectivity index (χ1v) is 13.0. The highest BCUT2D eigenvalue weighted by Gasteiger charge is 2.29. The maximum absolute atomic E-state index is 13.1. The third kappa shape index (κ3) is 6.20. The number of nitrogens with zero attached hydrogens (tertiary/aromatic N) is 2. The van der Waals surface area contributed by atoms with Crippen molar-refractivity contribution in [3.05, 3.63) is 72.3 Å². The molecule has 0 radical (unpaired) electrons. The van der Waals surface area contributed by atoms with Crippen LogP contribution in [-0.4, -0.2) is 43.1 Å². The lowest BCUT2D eigenvalue weighted by atomic mass is 10.0. The summed E-state index contributed by atoms with van der Waals surface area (Å²) >= 11 is 0. The van der Waals surface area contributed by atoms with Crippen LogP contribution < -0.4 is 19.5 Å². The molecule has 1 atom stereocenters. The van der Waals surface area contributed by atoms with Gasteiger partial charge < -0.3 is 19.4 Å². The summed E-state index contributed by atoms with van der Waals surface area (Å²) in [7, 11) is -3.98. The van der Waals surface area contributed by atoms with Gasteiger partial charge in [-0.1, -0.05) is 38.1 Å². The van der Waals surface area contributed by atoms with Crippen LogP contribution in [0.1, 0.15) is 31.4 Å². The third-order valence-corrected chi connectivity index (χ3v) is 7.18. The number of fused-ring (bicyclic) bond motifs is 1. The molecular formula is C25H30N4O5S. The number of imidazole rings is 1. The van der Waals surface area contributed by atoms with Crippen molar-refractivity contribution in [2.45, 2.75) is 44.3 Å². The number of ether oxygens (including phenoxy) is 2. The molecule has 0 fully saturated rings. The molecule has 4 rings (SSSR count). The third-order valence-electron chi connectivity index (χ3n) is 5.74. The Morgan fingerprint density at radius 3 is 2.54 bits per heavy atom. The zero-order valence-corrected chi connectivity index (χ0v) is 20.6. The fourth-order valence-electron chi connectivity index (χ4n) is 3.79. The fraction of sp³-hybridized carbons (Fsp3) is 0.360. The van der Waals surface area contributed by atoms with Crippen molar-refractivity contribution in [3.8, 4) is 11.5 Å². The van der Waals surface area contributed by atoms with E-state index in [9.17, 15) is 13.2 Å². The maximum atomic E-state index is 13.1. The zero-order valence-electron chi connectivity index (χ0n) is 19.8. The second kappa shape index (κ2) is 10.9. The summed E-state index contributed by atoms with van der Waals surface area (Å²) in [4.78, 5) is 17.2. The lowest BCUT2D eigenvalue weighted by Crippen LogP contribution is -2.49. The number of amides is 1. The normalized spacial score (nSPS) is 14.4. The zero-order chi connectivity index (χ0) is 24.8. The van der Waals surface area contributed by atoms with Gasteiger partial charge in [-0.05, 0) is 29.2 Å². The van der Waals surface area contributed by atoms with E-state index in [4.69, 9.17) is 9.47 Å². The van der Waals surface area contributed by atoms with Gasteiger partial charge in [0.25, 0.3) is 0 Å². The Hall–Kier alpha value is -3.37. The van der Waals surface area contributed by atoms with Gasteiger partial charge in [0.05, 0.1) is 24.4 Å². The minimum absolute atomic E-state index is 0.0193. The van der Waals surface area contributed by atoms with Crippen LogP contribution in [-0.2, 0) is 27.9 Å². The van der Waals surface area contributed by atoms with Crippen LogP contribution in [0.5, 0.6) is 11.5 Å². The molecule has 1 aliphatic heterocycles. The Bertz CT molecular complexity index is 1260. The number of aromatic nitrogens is 2. The van der Waals surface area contributed by atoms with Crippen LogP contribution in [0, 0.1) is 5.92 Å². The van der Waals surface area contributed by atoms with E-state index >= 15 is 0 Å². The van der Waals surface area contributed by atoms with Crippen LogP contribution in [0.4, 0.5) is 0 Å². The summed E-state index contributed by atoms with van der Waals surface area (Å²) < 4.78 is 42.0. The van der Waals surface area contributed by atoms with Crippen LogP contribution in [0.2, 0.25) is 0 Å². The van der Waals surface area contributed by atoms with Gasteiger partial charge in [-0.2, -0.15) is 4.72 Å². The number of benzene rings is 2. The largest absolute Gasteiger partial charge is 0.490 e. The first kappa shape index (κ1) is 24.7. The second-order valence-corrected chi connectivity index (χ2v) is 10.4. The van der Waals surface area contributed by atoms with Crippen molar-refractivity contribution in [3.63, 3.8) is 0 Å². The van der Waals surface area contributed by atoms with Crippen LogP contribution >= 0.6 is 0 Å². The summed E-state index contributed by atoms with van der Waals surface area (Å²) in [6.07, 6.45) is 6.04. The number of sulfonamides is 1. The van der Waals surface area contributed by atoms with E-state index in [1.807, 2.05) is 35.0 Å². The first-order valence-electron chi connectivity index (χ1n) is 11.6. The first-order chi connectivity index (χ1) is 16.8. The highest BCUT2D eigenvalue weighted by molar-refractivity contribution is 7.89. The molecule has 10 heteroatoms. The number of carbonyl (C=O) groups excluding carboxylic acids is 1. The summed E-state index contributed by atoms with van der Waals surface area (Å²) in [5.41, 5.74) is 1.99. The monoisotopic (exact) mass is 498 g/mol. The second-order valence-electron chi connectivity index (χ2n) is 8.72. The van der Waals surface area contributed by atoms with Crippen LogP contribution in [0.3, 0.4) is 0 Å². The molecule has 3 aromatic rings. The van der Waals surface area contributed by atoms with Gasteiger partial charge in [-0.15, -0.1) is 0 Å². The van der Waals surface area contributed by atoms with Gasteiger partial charge >= 0.3 is 0 Å². The maximum Gasteiger partial charge on any atom is 0.241 e. The van der Waals surface area contributed by atoms with Crippen molar-refractivity contribution < 1.29 is 22.7 Å². The minimum Gasteiger partial charge on any atom is -0.490 e. The number of rotatable bonds is 9. The molecule has 0 spiro atoms. The molecule has 2 N–H and O–H groups in total. The van der Waals surface area contributed by atoms with E-state index in [1.54, 1.807) is 32.4 Å². The highest BCUT2D eigenvalue weighted by atomic mass is 32.2. The molecule has 9 nitrogen and oxygen atoms in total. The lowest BCUT2D eigenvalue weighted by molar-refractivity contribution is -0.123. The van der Waals surface area contributed by atoms with Gasteiger partial charge in [0, 0.05) is 38.0 Å². The molecule has 1 aromatic heterocycles. The van der Waals surface area contributed by atoms with E-state index in [2.05, 4.69) is 15.0 Å². The molecule has 1 aliphatic rings. The molecule has 186 valence electrons. The molecular weight excluding hydrogens is 468 g/mol. The van der Waals surface area contributed by atoms with E-state index in [-0.39, 0.29) is 17.4 Å². The molecule has 0 bridgehead atoms. The van der Waals surface area contributed by atoms with Gasteiger partial charge in [-0.3, -0.25) is 4.79 Å². The predicted molar refractivity (Wildman–Crippen MR) is 131 cm³/mol. The molecule has 1 amide bonds. The van der Waals surface area contributed by atoms with E-state index in [0.29, 0.717) is 31.3 Å². The molecule has 35 heavy (non-hydrogen) atoms. The Morgan fingerprint density at radius 1 is 1.09 bits per heavy atom. The Labute approximate surface area is 205 Å². The summed E-state index contributed by atoms with van der Waals surface area (Å²) in [6.45, 7) is 5.46. The molecule has 1 unspecified atom stereocenters. The summed E-state index contributed by atoms with van der Waals surface area (Å²) in [5, 5.41) is 2.90. The van der Waals surface area contributed by atoms with Crippen molar-refractivity contribution in [2.75, 3.05) is 13.2 Å². The lowest BCUT2D eigenvalue weighted by Gasteiger charge is -2.22. The van der Waals surface area contributed by atoms with Crippen LogP contribution in [0.25, 0.3) is 0 Å². The van der Waals surface area contributed by atoms with Crippen molar-refractivity contribution in [2.24, 2.45) is 5.92 Å².